The van der Waals surface area contributed by atoms with Gasteiger partial charge in [0.05, 0.1) is 12.5 Å². The van der Waals surface area contributed by atoms with Crippen molar-refractivity contribution in [3.63, 3.8) is 0 Å². The minimum atomic E-state index is -4.94. The van der Waals surface area contributed by atoms with Gasteiger partial charge in [0.2, 0.25) is 5.69 Å². The van der Waals surface area contributed by atoms with E-state index in [4.69, 9.17) is 23.1 Å². The maximum absolute atomic E-state index is 10.3. The SMILES string of the molecule is Oc1ccc[n+]2c1C(c1ccoc1)c1ccccc1C2.[O-][Cl+3]([O-])([O-])[O-]. The summed E-state index contributed by atoms with van der Waals surface area (Å²) in [6.45, 7) is 0.786. The van der Waals surface area contributed by atoms with Crippen molar-refractivity contribution in [2.75, 3.05) is 0 Å². The Morgan fingerprint density at radius 2 is 1.76 bits per heavy atom. The first-order chi connectivity index (χ1) is 11.8. The topological polar surface area (TPSA) is 129 Å². The molecule has 25 heavy (non-hydrogen) atoms. The molecule has 1 aliphatic heterocycles. The second-order valence-electron chi connectivity index (χ2n) is 5.47. The lowest BCUT2D eigenvalue weighted by Gasteiger charge is -2.23. The number of pyridine rings is 1. The van der Waals surface area contributed by atoms with Crippen molar-refractivity contribution in [1.29, 1.82) is 0 Å². The van der Waals surface area contributed by atoms with Crippen LogP contribution in [0, 0.1) is 10.2 Å². The van der Waals surface area contributed by atoms with Gasteiger partial charge in [0, 0.05) is 17.2 Å². The highest BCUT2D eigenvalue weighted by molar-refractivity contribution is 5.46. The number of aromatic nitrogens is 1. The van der Waals surface area contributed by atoms with Crippen LogP contribution in [-0.4, -0.2) is 5.11 Å². The molecular formula is C17H14ClNO6. The molecule has 0 aliphatic carbocycles. The van der Waals surface area contributed by atoms with Gasteiger partial charge in [-0.05, 0) is 17.7 Å². The summed E-state index contributed by atoms with van der Waals surface area (Å²) in [5.74, 6) is 0.341. The zero-order valence-electron chi connectivity index (χ0n) is 12.9. The molecule has 7 nitrogen and oxygen atoms in total. The van der Waals surface area contributed by atoms with E-state index in [2.05, 4.69) is 22.8 Å². The molecular weight excluding hydrogens is 350 g/mol. The number of halogens is 1. The average molecular weight is 364 g/mol. The van der Waals surface area contributed by atoms with Crippen molar-refractivity contribution >= 4 is 0 Å². The number of benzene rings is 1. The van der Waals surface area contributed by atoms with Gasteiger partial charge in [-0.15, -0.1) is 10.2 Å². The summed E-state index contributed by atoms with van der Waals surface area (Å²) in [5, 5.41) is 10.3. The van der Waals surface area contributed by atoms with Crippen LogP contribution in [0.3, 0.4) is 0 Å². The van der Waals surface area contributed by atoms with Crippen LogP contribution >= 0.6 is 0 Å². The number of hydrogen-bond acceptors (Lipinski definition) is 6. The summed E-state index contributed by atoms with van der Waals surface area (Å²) >= 11 is 0. The fourth-order valence-electron chi connectivity index (χ4n) is 3.07. The Morgan fingerprint density at radius 1 is 1.04 bits per heavy atom. The van der Waals surface area contributed by atoms with Gasteiger partial charge in [0.1, 0.15) is 5.92 Å². The number of rotatable bonds is 1. The zero-order chi connectivity index (χ0) is 18.0. The number of aromatic hydroxyl groups is 1. The van der Waals surface area contributed by atoms with Crippen molar-refractivity contribution < 1.29 is 43.0 Å². The molecule has 0 saturated heterocycles. The Labute approximate surface area is 145 Å². The van der Waals surface area contributed by atoms with E-state index >= 15 is 0 Å². The summed E-state index contributed by atoms with van der Waals surface area (Å²) < 4.78 is 41.3. The molecule has 0 fully saturated rings. The predicted molar refractivity (Wildman–Crippen MR) is 73.5 cm³/mol. The predicted octanol–water partition coefficient (Wildman–Crippen LogP) is -1.94. The maximum Gasteiger partial charge on any atom is 0.235 e. The summed E-state index contributed by atoms with van der Waals surface area (Å²) in [5.41, 5.74) is 4.50. The van der Waals surface area contributed by atoms with Crippen LogP contribution in [0.5, 0.6) is 5.75 Å². The lowest BCUT2D eigenvalue weighted by atomic mass is 9.83. The lowest BCUT2D eigenvalue weighted by Crippen LogP contribution is -2.68. The third-order valence-electron chi connectivity index (χ3n) is 3.95. The number of hydrogen-bond donors (Lipinski definition) is 1. The quantitative estimate of drug-likeness (QED) is 0.392. The smallest absolute Gasteiger partial charge is 0.235 e. The van der Waals surface area contributed by atoms with Crippen molar-refractivity contribution in [1.82, 2.24) is 0 Å². The summed E-state index contributed by atoms with van der Waals surface area (Å²) in [6.07, 6.45) is 5.44. The lowest BCUT2D eigenvalue weighted by molar-refractivity contribution is -2.00. The molecule has 0 amide bonds. The maximum atomic E-state index is 10.3. The van der Waals surface area contributed by atoms with Gasteiger partial charge in [0.25, 0.3) is 0 Å². The van der Waals surface area contributed by atoms with E-state index in [1.54, 1.807) is 18.6 Å². The molecule has 1 aliphatic rings. The van der Waals surface area contributed by atoms with E-state index in [0.29, 0.717) is 5.75 Å². The van der Waals surface area contributed by atoms with E-state index in [9.17, 15) is 5.11 Å². The summed E-state index contributed by atoms with van der Waals surface area (Å²) in [4.78, 5) is 0. The molecule has 0 spiro atoms. The van der Waals surface area contributed by atoms with Gasteiger partial charge in [-0.1, -0.05) is 24.3 Å². The molecule has 0 radical (unpaired) electrons. The molecule has 130 valence electrons. The zero-order valence-corrected chi connectivity index (χ0v) is 13.6. The largest absolute Gasteiger partial charge is 0.502 e. The average Bonchev–Trinajstić information content (AvgIpc) is 3.05. The van der Waals surface area contributed by atoms with E-state index in [-0.39, 0.29) is 5.92 Å². The Kier molecular flexibility index (Phi) is 4.76. The molecule has 0 saturated carbocycles. The molecule has 8 heteroatoms. The molecule has 4 rings (SSSR count). The van der Waals surface area contributed by atoms with Gasteiger partial charge in [-0.3, -0.25) is 0 Å². The van der Waals surface area contributed by atoms with E-state index in [1.807, 2.05) is 24.4 Å². The molecule has 0 bridgehead atoms. The van der Waals surface area contributed by atoms with Crippen LogP contribution in [0.15, 0.2) is 65.6 Å². The van der Waals surface area contributed by atoms with Crippen LogP contribution in [0.2, 0.25) is 0 Å². The van der Waals surface area contributed by atoms with Gasteiger partial charge in [-0.2, -0.15) is 4.57 Å². The first-order valence-electron chi connectivity index (χ1n) is 7.27. The van der Waals surface area contributed by atoms with Gasteiger partial charge in [0.15, 0.2) is 18.5 Å². The first kappa shape index (κ1) is 17.4. The van der Waals surface area contributed by atoms with Crippen LogP contribution in [0.1, 0.15) is 28.3 Å². The van der Waals surface area contributed by atoms with Crippen LogP contribution < -0.4 is 23.2 Å². The fourth-order valence-corrected chi connectivity index (χ4v) is 3.07. The fraction of sp³-hybridized carbons (Fsp3) is 0.118. The molecule has 1 atom stereocenters. The normalized spacial score (nSPS) is 15.6. The number of nitrogens with zero attached hydrogens (tertiary/aromatic N) is 1. The van der Waals surface area contributed by atoms with E-state index in [1.165, 1.54) is 11.1 Å². The van der Waals surface area contributed by atoms with Crippen molar-refractivity contribution in [2.45, 2.75) is 12.5 Å². The highest BCUT2D eigenvalue weighted by Gasteiger charge is 2.35. The minimum Gasteiger partial charge on any atom is -0.502 e. The third kappa shape index (κ3) is 3.98. The van der Waals surface area contributed by atoms with Gasteiger partial charge >= 0.3 is 0 Å². The van der Waals surface area contributed by atoms with Crippen LogP contribution in [0.25, 0.3) is 0 Å². The highest BCUT2D eigenvalue weighted by Crippen LogP contribution is 2.38. The third-order valence-corrected chi connectivity index (χ3v) is 3.95. The molecule has 1 unspecified atom stereocenters. The Morgan fingerprint density at radius 3 is 2.44 bits per heavy atom. The Bertz CT molecular complexity index is 854. The minimum absolute atomic E-state index is 0.0138. The van der Waals surface area contributed by atoms with E-state index in [0.717, 1.165) is 17.8 Å². The first-order valence-corrected chi connectivity index (χ1v) is 8.51. The highest BCUT2D eigenvalue weighted by atomic mass is 35.7. The molecule has 1 N–H and O–H groups in total. The number of fused-ring (bicyclic) bond motifs is 2. The summed E-state index contributed by atoms with van der Waals surface area (Å²) in [6, 6.07) is 13.9. The molecule has 3 heterocycles. The van der Waals surface area contributed by atoms with Crippen molar-refractivity contribution in [2.24, 2.45) is 0 Å². The van der Waals surface area contributed by atoms with Crippen LogP contribution in [0.4, 0.5) is 0 Å². The van der Waals surface area contributed by atoms with Gasteiger partial charge in [-0.25, -0.2) is 18.6 Å². The number of furan rings is 1. The van der Waals surface area contributed by atoms with Crippen molar-refractivity contribution in [3.8, 4) is 5.75 Å². The van der Waals surface area contributed by atoms with Gasteiger partial charge < -0.3 is 9.52 Å². The molecule has 3 aromatic rings. The second kappa shape index (κ2) is 6.83. The standard InChI is InChI=1S/C17H13NO2.ClHO4/c19-15-6-3-8-18-10-12-4-1-2-5-14(12)16(17(15)18)13-7-9-20-11-13;2-1(3,4)5/h1-9,11,16H,10H2;(H,2,3,4,5). The molecule has 2 aromatic heterocycles. The Balaban J connectivity index is 0.000000324. The van der Waals surface area contributed by atoms with E-state index < -0.39 is 10.2 Å². The van der Waals surface area contributed by atoms with Crippen molar-refractivity contribution in [3.05, 3.63) is 83.6 Å². The van der Waals surface area contributed by atoms with Crippen LogP contribution in [-0.2, 0) is 6.54 Å². The monoisotopic (exact) mass is 363 g/mol. The Hall–Kier alpha value is -2.42. The molecule has 1 aromatic carbocycles. The second-order valence-corrected chi connectivity index (χ2v) is 6.23. The summed E-state index contributed by atoms with van der Waals surface area (Å²) in [7, 11) is -4.94.